The number of rotatable bonds is 4. The molecular weight excluding hydrogens is 356 g/mol. The minimum atomic E-state index is -3.76. The summed E-state index contributed by atoms with van der Waals surface area (Å²) in [6, 6.07) is 8.04. The van der Waals surface area contributed by atoms with Gasteiger partial charge in [-0.05, 0) is 61.4 Å². The number of sulfonamides is 1. The van der Waals surface area contributed by atoms with Crippen molar-refractivity contribution in [2.75, 3.05) is 0 Å². The molecule has 2 atom stereocenters. The first-order chi connectivity index (χ1) is 11.7. The Kier molecular flexibility index (Phi) is 4.99. The fourth-order valence-electron chi connectivity index (χ4n) is 3.13. The summed E-state index contributed by atoms with van der Waals surface area (Å²) in [6.45, 7) is 4.07. The molecule has 134 valence electrons. The summed E-state index contributed by atoms with van der Waals surface area (Å²) in [6.07, 6.45) is 3.25. The number of aryl methyl sites for hydroxylation is 1. The van der Waals surface area contributed by atoms with Gasteiger partial charge < -0.3 is 5.32 Å². The van der Waals surface area contributed by atoms with Crippen molar-refractivity contribution < 1.29 is 13.2 Å². The number of amides is 1. The van der Waals surface area contributed by atoms with E-state index < -0.39 is 10.0 Å². The van der Waals surface area contributed by atoms with Gasteiger partial charge in [0.15, 0.2) is 0 Å². The molecule has 0 bridgehead atoms. The third-order valence-electron chi connectivity index (χ3n) is 4.59. The molecule has 2 unspecified atom stereocenters. The molecule has 0 aliphatic heterocycles. The third-order valence-corrected chi connectivity index (χ3v) is 6.73. The number of fused-ring (bicyclic) bond motifs is 1. The van der Waals surface area contributed by atoms with Gasteiger partial charge in [-0.1, -0.05) is 19.1 Å². The minimum absolute atomic E-state index is 0.0478. The van der Waals surface area contributed by atoms with E-state index in [1.54, 1.807) is 23.5 Å². The van der Waals surface area contributed by atoms with E-state index in [0.717, 1.165) is 12.8 Å². The molecule has 1 aliphatic carbocycles. The number of carbonyl (C=O) groups excluding carboxylic acids is 1. The first-order valence-corrected chi connectivity index (χ1v) is 10.7. The van der Waals surface area contributed by atoms with Crippen LogP contribution in [0.4, 0.5) is 0 Å². The minimum Gasteiger partial charge on any atom is -0.345 e. The quantitative estimate of drug-likeness (QED) is 0.857. The van der Waals surface area contributed by atoms with E-state index in [9.17, 15) is 13.2 Å². The molecule has 0 spiro atoms. The molecule has 1 heterocycles. The number of nitrogens with one attached hydrogen (secondary N) is 1. The fourth-order valence-corrected chi connectivity index (χ4v) is 4.81. The Morgan fingerprint density at radius 3 is 2.84 bits per heavy atom. The Morgan fingerprint density at radius 1 is 1.36 bits per heavy atom. The molecule has 3 rings (SSSR count). The summed E-state index contributed by atoms with van der Waals surface area (Å²) in [5.74, 6) is 0.540. The molecule has 1 aliphatic rings. The number of hydrogen-bond acceptors (Lipinski definition) is 4. The molecule has 7 heteroatoms. The van der Waals surface area contributed by atoms with Crippen LogP contribution in [0.3, 0.4) is 0 Å². The Bertz CT molecular complexity index is 903. The second kappa shape index (κ2) is 6.90. The van der Waals surface area contributed by atoms with E-state index in [-0.39, 0.29) is 16.8 Å². The molecule has 0 radical (unpaired) electrons. The molecule has 1 aromatic heterocycles. The second-order valence-electron chi connectivity index (χ2n) is 6.72. The van der Waals surface area contributed by atoms with Crippen LogP contribution in [0.5, 0.6) is 0 Å². The van der Waals surface area contributed by atoms with Crippen molar-refractivity contribution in [2.45, 2.75) is 44.0 Å². The highest BCUT2D eigenvalue weighted by Gasteiger charge is 2.22. The molecule has 5 nitrogen and oxygen atoms in total. The Morgan fingerprint density at radius 2 is 2.12 bits per heavy atom. The van der Waals surface area contributed by atoms with Crippen LogP contribution in [0.15, 0.2) is 35.2 Å². The molecule has 0 saturated heterocycles. The number of primary sulfonamides is 1. The monoisotopic (exact) mass is 378 g/mol. The molecule has 1 aromatic carbocycles. The van der Waals surface area contributed by atoms with Crippen LogP contribution < -0.4 is 10.5 Å². The lowest BCUT2D eigenvalue weighted by Gasteiger charge is -2.16. The van der Waals surface area contributed by atoms with Crippen LogP contribution >= 0.6 is 11.3 Å². The smallest absolute Gasteiger partial charge is 0.261 e. The number of thiophene rings is 1. The van der Waals surface area contributed by atoms with Gasteiger partial charge in [-0.15, -0.1) is 11.3 Å². The van der Waals surface area contributed by atoms with Crippen molar-refractivity contribution >= 4 is 27.3 Å². The predicted molar refractivity (Wildman–Crippen MR) is 99.2 cm³/mol. The van der Waals surface area contributed by atoms with Gasteiger partial charge in [0.2, 0.25) is 10.0 Å². The molecule has 25 heavy (non-hydrogen) atoms. The van der Waals surface area contributed by atoms with Crippen LogP contribution in [0, 0.1) is 5.92 Å². The molecule has 2 aromatic rings. The van der Waals surface area contributed by atoms with Crippen molar-refractivity contribution in [3.8, 4) is 0 Å². The Hall–Kier alpha value is -1.70. The first-order valence-electron chi connectivity index (χ1n) is 8.29. The average molecular weight is 379 g/mol. The number of hydrogen-bond donors (Lipinski definition) is 2. The van der Waals surface area contributed by atoms with Gasteiger partial charge in [-0.25, -0.2) is 13.6 Å². The summed E-state index contributed by atoms with van der Waals surface area (Å²) >= 11 is 1.56. The SMILES string of the molecule is CC1CCc2sc(C(=O)NC(C)c3cccc(S(N)(=O)=O)c3)cc2C1. The van der Waals surface area contributed by atoms with Crippen molar-refractivity contribution in [3.05, 3.63) is 51.2 Å². The standard InChI is InChI=1S/C18H22N2O3S2/c1-11-6-7-16-14(8-11)10-17(24-16)18(21)20-12(2)13-4-3-5-15(9-13)25(19,22)23/h3-5,9-12H,6-8H2,1-2H3,(H,20,21)(H2,19,22,23). The summed E-state index contributed by atoms with van der Waals surface area (Å²) < 4.78 is 23.0. The third kappa shape index (κ3) is 4.11. The fraction of sp³-hybridized carbons (Fsp3) is 0.389. The van der Waals surface area contributed by atoms with E-state index in [4.69, 9.17) is 5.14 Å². The maximum Gasteiger partial charge on any atom is 0.261 e. The summed E-state index contributed by atoms with van der Waals surface area (Å²) in [5, 5.41) is 8.12. The number of carbonyl (C=O) groups is 1. The van der Waals surface area contributed by atoms with Crippen molar-refractivity contribution in [2.24, 2.45) is 11.1 Å². The van der Waals surface area contributed by atoms with E-state index in [1.165, 1.54) is 29.0 Å². The van der Waals surface area contributed by atoms with Gasteiger partial charge >= 0.3 is 0 Å². The highest BCUT2D eigenvalue weighted by atomic mass is 32.2. The maximum atomic E-state index is 12.6. The average Bonchev–Trinajstić information content (AvgIpc) is 2.97. The van der Waals surface area contributed by atoms with Crippen molar-refractivity contribution in [1.82, 2.24) is 5.32 Å². The van der Waals surface area contributed by atoms with Crippen LogP contribution in [-0.4, -0.2) is 14.3 Å². The topological polar surface area (TPSA) is 89.3 Å². The van der Waals surface area contributed by atoms with Gasteiger partial charge in [-0.3, -0.25) is 4.79 Å². The summed E-state index contributed by atoms with van der Waals surface area (Å²) in [5.41, 5.74) is 1.99. The second-order valence-corrected chi connectivity index (χ2v) is 9.42. The van der Waals surface area contributed by atoms with Gasteiger partial charge in [0.1, 0.15) is 0 Å². The zero-order valence-electron chi connectivity index (χ0n) is 14.3. The Balaban J connectivity index is 1.75. The maximum absolute atomic E-state index is 12.6. The molecule has 0 saturated carbocycles. The molecule has 1 amide bonds. The zero-order chi connectivity index (χ0) is 18.2. The zero-order valence-corrected chi connectivity index (χ0v) is 15.9. The summed E-state index contributed by atoms with van der Waals surface area (Å²) in [4.78, 5) is 14.6. The van der Waals surface area contributed by atoms with Gasteiger partial charge in [0.25, 0.3) is 5.91 Å². The largest absolute Gasteiger partial charge is 0.345 e. The van der Waals surface area contributed by atoms with Gasteiger partial charge in [0, 0.05) is 4.88 Å². The van der Waals surface area contributed by atoms with E-state index in [2.05, 4.69) is 12.2 Å². The highest BCUT2D eigenvalue weighted by Crippen LogP contribution is 2.32. The lowest BCUT2D eigenvalue weighted by Crippen LogP contribution is -2.26. The van der Waals surface area contributed by atoms with Crippen LogP contribution in [0.25, 0.3) is 0 Å². The number of benzene rings is 1. The van der Waals surface area contributed by atoms with Gasteiger partial charge in [-0.2, -0.15) is 0 Å². The summed E-state index contributed by atoms with van der Waals surface area (Å²) in [7, 11) is -3.76. The van der Waals surface area contributed by atoms with Gasteiger partial charge in [0.05, 0.1) is 15.8 Å². The number of nitrogens with two attached hydrogens (primary N) is 1. The predicted octanol–water partition coefficient (Wildman–Crippen LogP) is 3.01. The van der Waals surface area contributed by atoms with Crippen molar-refractivity contribution in [1.29, 1.82) is 0 Å². The Labute approximate surface area is 152 Å². The highest BCUT2D eigenvalue weighted by molar-refractivity contribution is 7.89. The molecular formula is C18H22N2O3S2. The lowest BCUT2D eigenvalue weighted by molar-refractivity contribution is 0.0944. The normalized spacial score (nSPS) is 18.4. The first kappa shape index (κ1) is 18.1. The van der Waals surface area contributed by atoms with Crippen LogP contribution in [-0.2, 0) is 22.9 Å². The van der Waals surface area contributed by atoms with Crippen LogP contribution in [0.1, 0.15) is 52.0 Å². The lowest BCUT2D eigenvalue weighted by atomic mass is 9.90. The van der Waals surface area contributed by atoms with E-state index >= 15 is 0 Å². The van der Waals surface area contributed by atoms with Crippen molar-refractivity contribution in [3.63, 3.8) is 0 Å². The van der Waals surface area contributed by atoms with E-state index in [1.807, 2.05) is 13.0 Å². The molecule has 0 fully saturated rings. The van der Waals surface area contributed by atoms with Crippen LogP contribution in [0.2, 0.25) is 0 Å². The molecule has 3 N–H and O–H groups in total. The van der Waals surface area contributed by atoms with E-state index in [0.29, 0.717) is 16.4 Å².